The highest BCUT2D eigenvalue weighted by Crippen LogP contribution is 2.32. The normalized spacial score (nSPS) is 18.2. The van der Waals surface area contributed by atoms with Crippen molar-refractivity contribution >= 4 is 52.6 Å². The first-order valence-corrected chi connectivity index (χ1v) is 27.5. The minimum Gasteiger partial charge on any atom is -0.379 e. The fourth-order valence-corrected chi connectivity index (χ4v) is 11.1. The van der Waals surface area contributed by atoms with Crippen LogP contribution in [-0.4, -0.2) is 151 Å². The molecule has 2 aliphatic heterocycles. The molecule has 2 aromatic carbocycles. The first-order valence-electron chi connectivity index (χ1n) is 27.5. The molecule has 9 atom stereocenters. The Bertz CT molecular complexity index is 2320. The van der Waals surface area contributed by atoms with E-state index in [-0.39, 0.29) is 96.5 Å². The van der Waals surface area contributed by atoms with Gasteiger partial charge in [0.05, 0.1) is 42.5 Å². The van der Waals surface area contributed by atoms with Crippen LogP contribution < -0.4 is 5.43 Å². The molecule has 0 spiro atoms. The lowest BCUT2D eigenvalue weighted by Gasteiger charge is -2.41. The van der Waals surface area contributed by atoms with Gasteiger partial charge in [0.2, 0.25) is 11.8 Å². The molecule has 76 heavy (non-hydrogen) atoms. The van der Waals surface area contributed by atoms with Gasteiger partial charge >= 0.3 is 0 Å². The summed E-state index contributed by atoms with van der Waals surface area (Å²) in [5.74, 6) is -2.97. The van der Waals surface area contributed by atoms with E-state index in [0.29, 0.717) is 56.5 Å². The summed E-state index contributed by atoms with van der Waals surface area (Å²) in [6.45, 7) is 16.6. The lowest BCUT2D eigenvalue weighted by Crippen LogP contribution is -2.54. The van der Waals surface area contributed by atoms with Crippen molar-refractivity contribution in [1.82, 2.24) is 25.0 Å². The number of imide groups is 1. The molecular formula is C60H88N6O10. The first-order chi connectivity index (χ1) is 36.1. The molecule has 0 saturated carbocycles. The number of nitrogens with one attached hydrogen (secondary N) is 1. The minimum atomic E-state index is -0.639. The fourth-order valence-electron chi connectivity index (χ4n) is 11.1. The second-order valence-corrected chi connectivity index (χ2v) is 22.0. The second-order valence-electron chi connectivity index (χ2n) is 22.0. The van der Waals surface area contributed by atoms with Gasteiger partial charge in [-0.15, -0.1) is 0 Å². The van der Waals surface area contributed by atoms with Gasteiger partial charge in [0, 0.05) is 95.5 Å². The van der Waals surface area contributed by atoms with Gasteiger partial charge in [-0.3, -0.25) is 48.2 Å². The van der Waals surface area contributed by atoms with Crippen LogP contribution in [0.3, 0.4) is 0 Å². The van der Waals surface area contributed by atoms with Gasteiger partial charge in [0.15, 0.2) is 5.78 Å². The Morgan fingerprint density at radius 3 is 1.97 bits per heavy atom. The van der Waals surface area contributed by atoms with E-state index in [1.807, 2.05) is 95.8 Å². The van der Waals surface area contributed by atoms with E-state index in [1.54, 1.807) is 50.4 Å². The smallest absolute Gasteiger partial charge is 0.271 e. The van der Waals surface area contributed by atoms with E-state index in [9.17, 15) is 38.4 Å². The van der Waals surface area contributed by atoms with Crippen molar-refractivity contribution in [2.75, 3.05) is 48.5 Å². The molecule has 0 unspecified atom stereocenters. The number of ketones is 3. The number of hydrazone groups is 1. The van der Waals surface area contributed by atoms with Gasteiger partial charge in [-0.2, -0.15) is 5.10 Å². The van der Waals surface area contributed by atoms with Crippen molar-refractivity contribution in [1.29, 1.82) is 0 Å². The summed E-state index contributed by atoms with van der Waals surface area (Å²) in [6, 6.07) is 15.0. The molecule has 1 N–H and O–H groups in total. The van der Waals surface area contributed by atoms with Crippen LogP contribution in [0.15, 0.2) is 71.9 Å². The maximum atomic E-state index is 14.5. The van der Waals surface area contributed by atoms with Crippen LogP contribution >= 0.6 is 0 Å². The third kappa shape index (κ3) is 17.1. The zero-order chi connectivity index (χ0) is 56.4. The molecule has 1 fully saturated rings. The summed E-state index contributed by atoms with van der Waals surface area (Å²) >= 11 is 0. The zero-order valence-electron chi connectivity index (χ0n) is 47.7. The largest absolute Gasteiger partial charge is 0.379 e. The van der Waals surface area contributed by atoms with Crippen molar-refractivity contribution in [3.63, 3.8) is 0 Å². The predicted octanol–water partition coefficient (Wildman–Crippen LogP) is 7.75. The number of rotatable bonds is 32. The lowest BCUT2D eigenvalue weighted by atomic mass is 9.83. The van der Waals surface area contributed by atoms with E-state index in [4.69, 9.17) is 9.47 Å². The summed E-state index contributed by atoms with van der Waals surface area (Å²) in [4.78, 5) is 113. The van der Waals surface area contributed by atoms with E-state index < -0.39 is 41.9 Å². The molecule has 0 radical (unpaired) electrons. The summed E-state index contributed by atoms with van der Waals surface area (Å²) in [5, 5.41) is 4.58. The molecule has 2 heterocycles. The van der Waals surface area contributed by atoms with Gasteiger partial charge in [-0.05, 0) is 80.8 Å². The average Bonchev–Trinajstić information content (AvgIpc) is 4.00. The van der Waals surface area contributed by atoms with Gasteiger partial charge in [-0.1, -0.05) is 111 Å². The van der Waals surface area contributed by atoms with E-state index in [1.165, 1.54) is 17.1 Å². The van der Waals surface area contributed by atoms with Crippen LogP contribution in [0.5, 0.6) is 0 Å². The third-order valence-corrected chi connectivity index (χ3v) is 15.6. The van der Waals surface area contributed by atoms with Crippen molar-refractivity contribution in [2.24, 2.45) is 40.6 Å². The van der Waals surface area contributed by atoms with Crippen LogP contribution in [-0.2, 0) is 49.5 Å². The summed E-state index contributed by atoms with van der Waals surface area (Å²) in [7, 11) is 8.68. The zero-order valence-corrected chi connectivity index (χ0v) is 47.7. The summed E-state index contributed by atoms with van der Waals surface area (Å²) in [5.41, 5.74) is 5.06. The Morgan fingerprint density at radius 2 is 1.41 bits per heavy atom. The van der Waals surface area contributed by atoms with Crippen molar-refractivity contribution in [3.8, 4) is 0 Å². The number of ether oxygens (including phenoxy) is 2. The SMILES string of the molecule is CC[C@H](C)[C@@H]([C@@H](CC(=O)N1CCC[C@H]1[C@H](OC)[C@@H](C)C(=O)C[C@H](C)C(=NNC(=O)c1ccc(CC(=O)CCCCCN2C(=O)C=CC2=O)cc1)c1ccccc1)OC)N(C)C(=O)[C@@H](CC(=O)[C@H](C(C)C)N(C)C)C(C)C. The van der Waals surface area contributed by atoms with Crippen molar-refractivity contribution < 1.29 is 47.8 Å². The van der Waals surface area contributed by atoms with Crippen LogP contribution in [0.4, 0.5) is 0 Å². The van der Waals surface area contributed by atoms with Crippen LogP contribution in [0.2, 0.25) is 0 Å². The number of carbonyl (C=O) groups excluding carboxylic acids is 8. The molecule has 0 aliphatic carbocycles. The maximum Gasteiger partial charge on any atom is 0.271 e. The number of nitrogens with zero attached hydrogens (tertiary/aromatic N) is 5. The molecule has 4 rings (SSSR count). The highest BCUT2D eigenvalue weighted by molar-refractivity contribution is 6.12. The molecule has 16 nitrogen and oxygen atoms in total. The second kappa shape index (κ2) is 30.3. The number of hydrogen-bond donors (Lipinski definition) is 1. The van der Waals surface area contributed by atoms with Crippen molar-refractivity contribution in [3.05, 3.63) is 83.4 Å². The molecule has 5 amide bonds. The number of methoxy groups -OCH3 is 2. The fraction of sp³-hybridized carbons (Fsp3) is 0.617. The molecule has 2 aliphatic rings. The third-order valence-electron chi connectivity index (χ3n) is 15.6. The molecule has 0 aromatic heterocycles. The number of likely N-dealkylation sites (N-methyl/N-ethyl adjacent to an activating group) is 2. The highest BCUT2D eigenvalue weighted by atomic mass is 16.5. The Labute approximate surface area is 452 Å². The topological polar surface area (TPSA) is 192 Å². The van der Waals surface area contributed by atoms with Crippen LogP contribution in [0.1, 0.15) is 141 Å². The van der Waals surface area contributed by atoms with Crippen LogP contribution in [0.25, 0.3) is 0 Å². The number of carbonyl (C=O) groups is 8. The minimum absolute atomic E-state index is 0.0132. The number of benzene rings is 2. The van der Waals surface area contributed by atoms with Crippen molar-refractivity contribution in [2.45, 2.75) is 156 Å². The van der Waals surface area contributed by atoms with Gasteiger partial charge in [0.25, 0.3) is 17.7 Å². The number of Topliss-reactive ketones (excluding diaryl/α,β-unsaturated/α-hetero) is 3. The Hall–Kier alpha value is -5.71. The standard InChI is InChI=1S/C60H88N6O10/c1-14-40(6)57(64(11)60(74)47(38(2)3)36-50(69)56(39(4)5)63(9)10)51(75-12)37-54(72)65-33-21-25-48(65)58(76-13)42(8)49(68)34-41(7)55(44-22-17-15-18-23-44)61-62-59(73)45-28-26-43(27-29-45)35-46(67)24-19-16-20-32-66-52(70)30-31-53(66)71/h15,17-18,22-23,26-31,38-42,47-48,51,56-58H,14,16,19-21,24-25,32-37H2,1-13H3,(H,62,73)/t40-,41-,42-,47-,48-,51+,56-,57-,58+/m0/s1. The quantitative estimate of drug-likeness (QED) is 0.0326. The molecule has 0 bridgehead atoms. The Kier molecular flexibility index (Phi) is 25.0. The lowest BCUT2D eigenvalue weighted by molar-refractivity contribution is -0.149. The average molecular weight is 1050 g/mol. The number of unbranched alkanes of at least 4 members (excludes halogenated alkanes) is 2. The molecule has 418 valence electrons. The van der Waals surface area contributed by atoms with Gasteiger partial charge in [0.1, 0.15) is 11.6 Å². The molecule has 1 saturated heterocycles. The monoisotopic (exact) mass is 1050 g/mol. The number of amides is 5. The molecule has 2 aromatic rings. The van der Waals surface area contributed by atoms with Gasteiger partial charge in [-0.25, -0.2) is 5.43 Å². The van der Waals surface area contributed by atoms with E-state index in [2.05, 4.69) is 24.4 Å². The highest BCUT2D eigenvalue weighted by Gasteiger charge is 2.43. The maximum absolute atomic E-state index is 14.5. The van der Waals surface area contributed by atoms with E-state index in [0.717, 1.165) is 24.0 Å². The number of likely N-dealkylation sites (tertiary alicyclic amines) is 1. The number of hydrogen-bond acceptors (Lipinski definition) is 12. The Morgan fingerprint density at radius 1 is 0.763 bits per heavy atom. The molecular weight excluding hydrogens is 965 g/mol. The predicted molar refractivity (Wildman–Crippen MR) is 295 cm³/mol. The van der Waals surface area contributed by atoms with E-state index >= 15 is 0 Å². The molecule has 16 heteroatoms. The van der Waals surface area contributed by atoms with Gasteiger partial charge < -0.3 is 19.3 Å². The first kappa shape index (κ1) is 62.8. The van der Waals surface area contributed by atoms with Crippen LogP contribution in [0, 0.1) is 35.5 Å². The summed E-state index contributed by atoms with van der Waals surface area (Å²) in [6.07, 6.45) is 6.16. The Balaban J connectivity index is 1.40. The summed E-state index contributed by atoms with van der Waals surface area (Å²) < 4.78 is 12.2.